The number of nitrogens with zero attached hydrogens (tertiary/aromatic N) is 1. The molecule has 136 valence electrons. The summed E-state index contributed by atoms with van der Waals surface area (Å²) in [4.78, 5) is 15.1. The largest absolute Gasteiger partial charge is 0.334 e. The van der Waals surface area contributed by atoms with E-state index >= 15 is 0 Å². The summed E-state index contributed by atoms with van der Waals surface area (Å²) < 4.78 is 23.4. The van der Waals surface area contributed by atoms with Crippen LogP contribution in [0, 0.1) is 6.92 Å². The summed E-state index contributed by atoms with van der Waals surface area (Å²) in [6.07, 6.45) is 2.09. The lowest BCUT2D eigenvalue weighted by atomic mass is 9.96. The highest BCUT2D eigenvalue weighted by atomic mass is 32.2. The van der Waals surface area contributed by atoms with Gasteiger partial charge in [0.1, 0.15) is 0 Å². The average Bonchev–Trinajstić information content (AvgIpc) is 2.92. The molecule has 0 spiro atoms. The van der Waals surface area contributed by atoms with E-state index in [1.807, 2.05) is 36.1 Å². The van der Waals surface area contributed by atoms with Crippen molar-refractivity contribution in [3.05, 3.63) is 65.2 Å². The quantitative estimate of drug-likeness (QED) is 0.810. The maximum atomic E-state index is 13.0. The van der Waals surface area contributed by atoms with E-state index in [9.17, 15) is 13.2 Å². The van der Waals surface area contributed by atoms with Crippen molar-refractivity contribution in [3.63, 3.8) is 0 Å². The van der Waals surface area contributed by atoms with E-state index in [4.69, 9.17) is 0 Å². The van der Waals surface area contributed by atoms with E-state index in [-0.39, 0.29) is 10.8 Å². The Morgan fingerprint density at radius 1 is 0.962 bits per heavy atom. The van der Waals surface area contributed by atoms with Gasteiger partial charge in [0.2, 0.25) is 0 Å². The zero-order valence-corrected chi connectivity index (χ0v) is 16.1. The van der Waals surface area contributed by atoms with Crippen LogP contribution >= 0.6 is 0 Å². The molecule has 1 heterocycles. The van der Waals surface area contributed by atoms with E-state index in [0.717, 1.165) is 28.7 Å². The normalized spacial score (nSPS) is 15.0. The molecule has 0 bridgehead atoms. The second-order valence-electron chi connectivity index (χ2n) is 6.74. The zero-order chi connectivity index (χ0) is 18.9. The number of hydrogen-bond donors (Lipinski definition) is 0. The van der Waals surface area contributed by atoms with Crippen molar-refractivity contribution in [2.75, 3.05) is 19.3 Å². The summed E-state index contributed by atoms with van der Waals surface area (Å²) in [5.74, 6) is 0.0397. The van der Waals surface area contributed by atoms with Crippen molar-refractivity contribution in [1.82, 2.24) is 4.90 Å². The number of aryl methyl sites for hydroxylation is 1. The van der Waals surface area contributed by atoms with Crippen LogP contribution in [0.4, 0.5) is 0 Å². The molecule has 0 N–H and O–H groups in total. The van der Waals surface area contributed by atoms with Crippen molar-refractivity contribution >= 4 is 26.9 Å². The summed E-state index contributed by atoms with van der Waals surface area (Å²) >= 11 is 0. The van der Waals surface area contributed by atoms with Gasteiger partial charge in [-0.05, 0) is 42.2 Å². The Labute approximate surface area is 155 Å². The van der Waals surface area contributed by atoms with Crippen LogP contribution < -0.4 is 0 Å². The minimum atomic E-state index is -3.24. The average molecular weight is 369 g/mol. The molecule has 4 nitrogen and oxygen atoms in total. The third-order valence-electron chi connectivity index (χ3n) is 4.62. The van der Waals surface area contributed by atoms with Crippen molar-refractivity contribution < 1.29 is 13.2 Å². The predicted octanol–water partition coefficient (Wildman–Crippen LogP) is 3.56. The molecule has 0 aromatic heterocycles. The number of benzene rings is 2. The fraction of sp³-hybridized carbons (Fsp3) is 0.286. The third kappa shape index (κ3) is 3.58. The summed E-state index contributed by atoms with van der Waals surface area (Å²) in [5, 5.41) is 0. The molecule has 2 aromatic rings. The molecule has 3 rings (SSSR count). The Morgan fingerprint density at radius 2 is 1.54 bits per heavy atom. The lowest BCUT2D eigenvalue weighted by molar-refractivity contribution is -0.123. The number of amides is 1. The first-order valence-electron chi connectivity index (χ1n) is 8.71. The number of carbonyl (C=O) groups excluding carboxylic acids is 1. The maximum absolute atomic E-state index is 13.0. The predicted molar refractivity (Wildman–Crippen MR) is 104 cm³/mol. The van der Waals surface area contributed by atoms with Crippen molar-refractivity contribution in [2.24, 2.45) is 0 Å². The zero-order valence-electron chi connectivity index (χ0n) is 15.3. The second-order valence-corrected chi connectivity index (χ2v) is 8.76. The Bertz CT molecular complexity index is 955. The van der Waals surface area contributed by atoms with Gasteiger partial charge in [0.15, 0.2) is 9.84 Å². The smallest absolute Gasteiger partial charge is 0.255 e. The van der Waals surface area contributed by atoms with E-state index in [0.29, 0.717) is 18.7 Å². The molecule has 0 aliphatic carbocycles. The number of carbonyl (C=O) groups is 1. The number of sulfone groups is 1. The van der Waals surface area contributed by atoms with E-state index < -0.39 is 9.84 Å². The van der Waals surface area contributed by atoms with Gasteiger partial charge in [0.25, 0.3) is 5.91 Å². The molecule has 1 amide bonds. The van der Waals surface area contributed by atoms with Gasteiger partial charge < -0.3 is 4.90 Å². The fourth-order valence-electron chi connectivity index (χ4n) is 3.24. The molecule has 2 aromatic carbocycles. The minimum absolute atomic E-state index is 0.0397. The van der Waals surface area contributed by atoms with Crippen LogP contribution in [-0.4, -0.2) is 38.6 Å². The number of rotatable bonds is 5. The molecule has 0 radical (unpaired) electrons. The highest BCUT2D eigenvalue weighted by molar-refractivity contribution is 7.90. The lowest BCUT2D eigenvalue weighted by Crippen LogP contribution is -2.27. The first kappa shape index (κ1) is 18.4. The van der Waals surface area contributed by atoms with Crippen LogP contribution in [0.3, 0.4) is 0 Å². The van der Waals surface area contributed by atoms with E-state index in [2.05, 4.69) is 6.92 Å². The summed E-state index contributed by atoms with van der Waals surface area (Å²) in [6.45, 7) is 5.33. The summed E-state index contributed by atoms with van der Waals surface area (Å²) in [6, 6.07) is 14.8. The Balaban J connectivity index is 2.09. The van der Waals surface area contributed by atoms with Gasteiger partial charge in [-0.3, -0.25) is 4.79 Å². The Hall–Kier alpha value is -2.40. The van der Waals surface area contributed by atoms with Crippen LogP contribution in [0.15, 0.2) is 53.4 Å². The molecule has 0 unspecified atom stereocenters. The van der Waals surface area contributed by atoms with Crippen LogP contribution in [0.25, 0.3) is 11.1 Å². The van der Waals surface area contributed by atoms with Crippen LogP contribution in [-0.2, 0) is 14.6 Å². The standard InChI is InChI=1S/C21H23NO3S/c1-4-13-22-14-19(16-9-11-18(12-10-16)26(3,24)25)20(21(22)23)17-7-5-15(2)6-8-17/h5-12H,4,13-14H2,1-3H3. The fourth-order valence-corrected chi connectivity index (χ4v) is 3.87. The van der Waals surface area contributed by atoms with E-state index in [1.165, 1.54) is 6.26 Å². The molecule has 5 heteroatoms. The van der Waals surface area contributed by atoms with Crippen molar-refractivity contribution in [3.8, 4) is 0 Å². The van der Waals surface area contributed by atoms with Crippen molar-refractivity contribution in [2.45, 2.75) is 25.2 Å². The number of hydrogen-bond acceptors (Lipinski definition) is 3. The van der Waals surface area contributed by atoms with Crippen molar-refractivity contribution in [1.29, 1.82) is 0 Å². The molecular formula is C21H23NO3S. The van der Waals surface area contributed by atoms with Gasteiger partial charge in [-0.25, -0.2) is 8.42 Å². The third-order valence-corrected chi connectivity index (χ3v) is 5.74. The molecule has 1 aliphatic rings. The van der Waals surface area contributed by atoms with Crippen LogP contribution in [0.5, 0.6) is 0 Å². The Morgan fingerprint density at radius 3 is 2.08 bits per heavy atom. The SMILES string of the molecule is CCCN1CC(c2ccc(S(C)(=O)=O)cc2)=C(c2ccc(C)cc2)C1=O. The molecule has 0 fully saturated rings. The first-order chi connectivity index (χ1) is 12.3. The molecule has 1 aliphatic heterocycles. The molecular weight excluding hydrogens is 346 g/mol. The van der Waals surface area contributed by atoms with Crippen LogP contribution in [0.1, 0.15) is 30.0 Å². The Kier molecular flexibility index (Phi) is 5.01. The van der Waals surface area contributed by atoms with Crippen LogP contribution in [0.2, 0.25) is 0 Å². The summed E-state index contributed by atoms with van der Waals surface area (Å²) in [7, 11) is -3.24. The molecule has 26 heavy (non-hydrogen) atoms. The lowest BCUT2D eigenvalue weighted by Gasteiger charge is -2.15. The van der Waals surface area contributed by atoms with Gasteiger partial charge in [-0.2, -0.15) is 0 Å². The minimum Gasteiger partial charge on any atom is -0.334 e. The van der Waals surface area contributed by atoms with E-state index in [1.54, 1.807) is 24.3 Å². The highest BCUT2D eigenvalue weighted by Crippen LogP contribution is 2.35. The molecule has 0 saturated heterocycles. The monoisotopic (exact) mass is 369 g/mol. The maximum Gasteiger partial charge on any atom is 0.255 e. The van der Waals surface area contributed by atoms with Gasteiger partial charge >= 0.3 is 0 Å². The summed E-state index contributed by atoms with van der Waals surface area (Å²) in [5.41, 5.74) is 4.60. The van der Waals surface area contributed by atoms with Gasteiger partial charge in [0, 0.05) is 19.3 Å². The first-order valence-corrected chi connectivity index (χ1v) is 10.6. The van der Waals surface area contributed by atoms with Gasteiger partial charge in [-0.15, -0.1) is 0 Å². The molecule has 0 atom stereocenters. The second kappa shape index (κ2) is 7.08. The molecule has 0 saturated carbocycles. The highest BCUT2D eigenvalue weighted by Gasteiger charge is 2.31. The topological polar surface area (TPSA) is 54.5 Å². The van der Waals surface area contributed by atoms with Gasteiger partial charge in [0.05, 0.1) is 10.5 Å². The van der Waals surface area contributed by atoms with Gasteiger partial charge in [-0.1, -0.05) is 48.9 Å².